The van der Waals surface area contributed by atoms with Crippen molar-refractivity contribution in [2.24, 2.45) is 0 Å². The van der Waals surface area contributed by atoms with E-state index in [2.05, 4.69) is 86.3 Å². The van der Waals surface area contributed by atoms with Crippen LogP contribution in [0.15, 0.2) is 39.7 Å². The van der Waals surface area contributed by atoms with E-state index in [9.17, 15) is 0 Å². The number of aryl methyl sites for hydroxylation is 1. The molecule has 2 aliphatic carbocycles. The molecule has 2 aromatic rings. The van der Waals surface area contributed by atoms with Crippen molar-refractivity contribution in [1.29, 1.82) is 0 Å². The lowest BCUT2D eigenvalue weighted by Crippen LogP contribution is -2.34. The van der Waals surface area contributed by atoms with Crippen LogP contribution in [0.5, 0.6) is 0 Å². The van der Waals surface area contributed by atoms with E-state index in [1.165, 1.54) is 63.7 Å². The molecular weight excluding hydrogens is 424 g/mol. The molecule has 0 amide bonds. The first-order chi connectivity index (χ1) is 13.2. The first-order valence-electron chi connectivity index (χ1n) is 10.5. The molecule has 0 radical (unpaired) electrons. The van der Waals surface area contributed by atoms with Crippen molar-refractivity contribution in [3.05, 3.63) is 61.3 Å². The van der Waals surface area contributed by atoms with Gasteiger partial charge in [-0.1, -0.05) is 61.8 Å². The first kappa shape index (κ1) is 20.2. The SMILES string of the molecule is Cc1cc2c(cc1-c1ccsc1/C=C\C1=C(Br)CCC1)C(C)(C)CCC2(C)C. The number of hydrogen-bond acceptors (Lipinski definition) is 1. The highest BCUT2D eigenvalue weighted by atomic mass is 79.9. The van der Waals surface area contributed by atoms with Crippen LogP contribution in [0, 0.1) is 6.92 Å². The Morgan fingerprint density at radius 1 is 0.929 bits per heavy atom. The molecule has 28 heavy (non-hydrogen) atoms. The number of allylic oxidation sites excluding steroid dienone is 3. The van der Waals surface area contributed by atoms with E-state index < -0.39 is 0 Å². The minimum absolute atomic E-state index is 0.249. The molecule has 1 aromatic carbocycles. The van der Waals surface area contributed by atoms with Crippen molar-refractivity contribution in [3.8, 4) is 11.1 Å². The maximum Gasteiger partial charge on any atom is 0.0348 e. The zero-order valence-electron chi connectivity index (χ0n) is 17.8. The number of benzene rings is 1. The molecule has 0 N–H and O–H groups in total. The average molecular weight is 456 g/mol. The third-order valence-corrected chi connectivity index (χ3v) is 8.60. The topological polar surface area (TPSA) is 0 Å². The molecule has 0 fully saturated rings. The summed E-state index contributed by atoms with van der Waals surface area (Å²) in [5.41, 5.74) is 9.28. The second kappa shape index (κ2) is 7.29. The lowest BCUT2D eigenvalue weighted by atomic mass is 9.62. The summed E-state index contributed by atoms with van der Waals surface area (Å²) in [5, 5.41) is 2.24. The molecule has 0 saturated carbocycles. The molecule has 0 unspecified atom stereocenters. The van der Waals surface area contributed by atoms with E-state index in [-0.39, 0.29) is 10.8 Å². The molecule has 1 heterocycles. The highest BCUT2D eigenvalue weighted by Crippen LogP contribution is 2.48. The van der Waals surface area contributed by atoms with E-state index in [4.69, 9.17) is 0 Å². The molecule has 2 heteroatoms. The molecule has 2 aliphatic rings. The Balaban J connectivity index is 1.79. The Morgan fingerprint density at radius 3 is 2.25 bits per heavy atom. The van der Waals surface area contributed by atoms with Gasteiger partial charge in [-0.25, -0.2) is 0 Å². The monoisotopic (exact) mass is 454 g/mol. The summed E-state index contributed by atoms with van der Waals surface area (Å²) >= 11 is 5.59. The van der Waals surface area contributed by atoms with Gasteiger partial charge in [0.2, 0.25) is 0 Å². The number of thiophene rings is 1. The molecule has 0 bridgehead atoms. The van der Waals surface area contributed by atoms with E-state index in [1.807, 2.05) is 11.3 Å². The van der Waals surface area contributed by atoms with E-state index in [0.29, 0.717) is 0 Å². The van der Waals surface area contributed by atoms with Crippen molar-refractivity contribution in [2.45, 2.75) is 77.6 Å². The van der Waals surface area contributed by atoms with E-state index >= 15 is 0 Å². The van der Waals surface area contributed by atoms with Gasteiger partial charge in [0, 0.05) is 4.88 Å². The van der Waals surface area contributed by atoms with Gasteiger partial charge in [0.25, 0.3) is 0 Å². The molecule has 4 rings (SSSR count). The van der Waals surface area contributed by atoms with Crippen molar-refractivity contribution >= 4 is 33.3 Å². The Morgan fingerprint density at radius 2 is 1.61 bits per heavy atom. The fraction of sp³-hybridized carbons (Fsp3) is 0.462. The van der Waals surface area contributed by atoms with Crippen LogP contribution in [0.3, 0.4) is 0 Å². The highest BCUT2D eigenvalue weighted by molar-refractivity contribution is 9.11. The standard InChI is InChI=1S/C26H31BrS/c1-17-15-21-22(26(4,5)13-12-25(21,2)3)16-20(17)19-11-14-28-24(19)10-9-18-7-6-8-23(18)27/h9-11,14-16H,6-8,12-13H2,1-5H3/b10-9-. The largest absolute Gasteiger partial charge is 0.144 e. The van der Waals surface area contributed by atoms with Gasteiger partial charge in [-0.05, 0) is 105 Å². The summed E-state index contributed by atoms with van der Waals surface area (Å²) in [6.07, 6.45) is 10.8. The molecule has 0 atom stereocenters. The van der Waals surface area contributed by atoms with Crippen molar-refractivity contribution < 1.29 is 0 Å². The highest BCUT2D eigenvalue weighted by Gasteiger charge is 2.37. The summed E-state index contributed by atoms with van der Waals surface area (Å²) in [5.74, 6) is 0. The molecule has 0 spiro atoms. The number of rotatable bonds is 3. The Kier molecular flexibility index (Phi) is 5.25. The van der Waals surface area contributed by atoms with Crippen LogP contribution in [0.1, 0.15) is 81.4 Å². The fourth-order valence-electron chi connectivity index (χ4n) is 4.77. The predicted molar refractivity (Wildman–Crippen MR) is 129 cm³/mol. The van der Waals surface area contributed by atoms with Crippen molar-refractivity contribution in [2.75, 3.05) is 0 Å². The summed E-state index contributed by atoms with van der Waals surface area (Å²) in [7, 11) is 0. The van der Waals surface area contributed by atoms with Gasteiger partial charge in [0.05, 0.1) is 0 Å². The molecule has 0 aliphatic heterocycles. The second-order valence-electron chi connectivity index (χ2n) is 9.80. The maximum absolute atomic E-state index is 3.74. The van der Waals surface area contributed by atoms with Crippen LogP contribution in [0.2, 0.25) is 0 Å². The molecule has 0 saturated heterocycles. The normalized spacial score (nSPS) is 20.8. The second-order valence-corrected chi connectivity index (χ2v) is 11.7. The van der Waals surface area contributed by atoms with Crippen molar-refractivity contribution in [1.82, 2.24) is 0 Å². The lowest BCUT2D eigenvalue weighted by Gasteiger charge is -2.42. The number of halogens is 1. The van der Waals surface area contributed by atoms with Crippen LogP contribution < -0.4 is 0 Å². The van der Waals surface area contributed by atoms with Gasteiger partial charge >= 0.3 is 0 Å². The third kappa shape index (κ3) is 3.59. The smallest absolute Gasteiger partial charge is 0.0348 e. The van der Waals surface area contributed by atoms with Gasteiger partial charge < -0.3 is 0 Å². The fourth-order valence-corrected chi connectivity index (χ4v) is 6.18. The molecular formula is C26H31BrS. The molecule has 0 nitrogen and oxygen atoms in total. The number of hydrogen-bond donors (Lipinski definition) is 0. The van der Waals surface area contributed by atoms with Crippen LogP contribution in [-0.2, 0) is 10.8 Å². The Bertz CT molecular complexity index is 968. The average Bonchev–Trinajstić information content (AvgIpc) is 3.25. The lowest BCUT2D eigenvalue weighted by molar-refractivity contribution is 0.332. The quantitative estimate of drug-likeness (QED) is 0.433. The van der Waals surface area contributed by atoms with Crippen LogP contribution in [0.25, 0.3) is 17.2 Å². The van der Waals surface area contributed by atoms with E-state index in [1.54, 1.807) is 11.1 Å². The zero-order chi connectivity index (χ0) is 20.1. The van der Waals surface area contributed by atoms with Crippen LogP contribution in [-0.4, -0.2) is 0 Å². The van der Waals surface area contributed by atoms with E-state index in [0.717, 1.165) is 0 Å². The maximum atomic E-state index is 3.74. The summed E-state index contributed by atoms with van der Waals surface area (Å²) < 4.78 is 1.38. The third-order valence-electron chi connectivity index (χ3n) is 6.81. The summed E-state index contributed by atoms with van der Waals surface area (Å²) in [6.45, 7) is 11.9. The Hall–Kier alpha value is -1.12. The molecule has 148 valence electrons. The van der Waals surface area contributed by atoms with Crippen molar-refractivity contribution in [3.63, 3.8) is 0 Å². The predicted octanol–water partition coefficient (Wildman–Crippen LogP) is 8.92. The van der Waals surface area contributed by atoms with Crippen LogP contribution in [0.4, 0.5) is 0 Å². The first-order valence-corrected chi connectivity index (χ1v) is 12.2. The summed E-state index contributed by atoms with van der Waals surface area (Å²) in [4.78, 5) is 1.37. The minimum Gasteiger partial charge on any atom is -0.144 e. The minimum atomic E-state index is 0.249. The van der Waals surface area contributed by atoms with Gasteiger partial charge in [0.1, 0.15) is 0 Å². The van der Waals surface area contributed by atoms with Crippen LogP contribution >= 0.6 is 27.3 Å². The van der Waals surface area contributed by atoms with Gasteiger partial charge in [-0.2, -0.15) is 0 Å². The van der Waals surface area contributed by atoms with Gasteiger partial charge in [0.15, 0.2) is 0 Å². The van der Waals surface area contributed by atoms with Gasteiger partial charge in [-0.15, -0.1) is 11.3 Å². The Labute approximate surface area is 182 Å². The zero-order valence-corrected chi connectivity index (χ0v) is 20.2. The summed E-state index contributed by atoms with van der Waals surface area (Å²) in [6, 6.07) is 7.29. The van der Waals surface area contributed by atoms with Gasteiger partial charge in [-0.3, -0.25) is 0 Å². The molecule has 1 aromatic heterocycles. The number of fused-ring (bicyclic) bond motifs is 1.